The molecule has 0 spiro atoms. The smallest absolute Gasteiger partial charge is 0.412 e. The van der Waals surface area contributed by atoms with Crippen LogP contribution in [0.3, 0.4) is 0 Å². The van der Waals surface area contributed by atoms with Crippen LogP contribution in [0.5, 0.6) is 0 Å². The maximum Gasteiger partial charge on any atom is 3.00 e. The van der Waals surface area contributed by atoms with E-state index in [-0.39, 0.29) is 74.1 Å². The Bertz CT molecular complexity index is 32.5. The van der Waals surface area contributed by atoms with Gasteiger partial charge in [-0.2, -0.15) is 0 Å². The van der Waals surface area contributed by atoms with E-state index in [0.29, 0.717) is 0 Å². The molecule has 0 aromatic rings. The summed E-state index contributed by atoms with van der Waals surface area (Å²) in [5, 5.41) is 14.8. The second-order valence-electron chi connectivity index (χ2n) is 0.224. The molecule has 0 heterocycles. The van der Waals surface area contributed by atoms with Crippen molar-refractivity contribution in [3.05, 3.63) is 15.3 Å². The summed E-state index contributed by atoms with van der Waals surface area (Å²) in [5.41, 5.74) is 0. The Kier molecular flexibility index (Phi) is 807. The topological polar surface area (TPSA) is 255 Å². The van der Waals surface area contributed by atoms with Crippen molar-refractivity contribution < 1.29 is 79.2 Å². The van der Waals surface area contributed by atoms with E-state index in [0.717, 1.165) is 0 Å². The monoisotopic (exact) mass is 311 g/mol. The molecule has 10 nitrogen and oxygen atoms in total. The van der Waals surface area contributed by atoms with Gasteiger partial charge in [-0.05, 0) is 0 Å². The van der Waals surface area contributed by atoms with Gasteiger partial charge in [0.05, 0.1) is 5.09 Å². The van der Waals surface area contributed by atoms with Crippen molar-refractivity contribution in [2.24, 2.45) is 0 Å². The van der Waals surface area contributed by atoms with Gasteiger partial charge in [0.1, 0.15) is 0 Å². The fourth-order valence-electron chi connectivity index (χ4n) is 0. The first-order valence-corrected chi connectivity index (χ1v) is 0.548. The third-order valence-corrected chi connectivity index (χ3v) is 0. The van der Waals surface area contributed by atoms with Gasteiger partial charge in [0.2, 0.25) is 0 Å². The molecule has 0 bridgehead atoms. The zero-order chi connectivity index (χ0) is 3.58. The Labute approximate surface area is 94.1 Å². The second-order valence-corrected chi connectivity index (χ2v) is 0.224. The van der Waals surface area contributed by atoms with Crippen molar-refractivity contribution in [3.63, 3.8) is 0 Å². The summed E-state index contributed by atoms with van der Waals surface area (Å²) in [7, 11) is 0. The van der Waals surface area contributed by atoms with E-state index in [4.69, 9.17) is 15.3 Å². The van der Waals surface area contributed by atoms with Crippen LogP contribution in [0.25, 0.3) is 0 Å². The first kappa shape index (κ1) is 109. The Morgan fingerprint density at radius 2 is 0.727 bits per heavy atom. The summed E-state index contributed by atoms with van der Waals surface area (Å²) in [4.78, 5) is 8.25. The van der Waals surface area contributed by atoms with Crippen LogP contribution in [0.1, 0.15) is 0 Å². The van der Waals surface area contributed by atoms with Gasteiger partial charge in [-0.1, -0.05) is 0 Å². The van der Waals surface area contributed by atoms with Crippen LogP contribution in [0.4, 0.5) is 0 Å². The summed E-state index contributed by atoms with van der Waals surface area (Å²) >= 11 is 0. The minimum absolute atomic E-state index is 0. The predicted octanol–water partition coefficient (Wildman–Crippen LogP) is -5.19. The summed E-state index contributed by atoms with van der Waals surface area (Å²) in [6.45, 7) is 0. The largest absolute Gasteiger partial charge is 3.00 e. The van der Waals surface area contributed by atoms with Crippen LogP contribution in [0.2, 0.25) is 0 Å². The van der Waals surface area contributed by atoms with Gasteiger partial charge in [0.15, 0.2) is 0 Å². The van der Waals surface area contributed by atoms with E-state index in [1.165, 1.54) is 0 Å². The molecular formula is H12NO9Pr+2. The number of nitrogens with zero attached hydrogens (tertiary/aromatic N) is 1. The van der Waals surface area contributed by atoms with Crippen LogP contribution in [-0.2, 0) is 0 Å². The molecule has 0 atom stereocenters. The Balaban J connectivity index is -0.00000000214. The molecule has 11 heavy (non-hydrogen) atoms. The molecule has 0 fully saturated rings. The number of rotatable bonds is 0. The molecular weight excluding hydrogens is 299 g/mol. The fraction of sp³-hybridized carbons (Fsp3) is 0. The molecule has 72 valence electrons. The Morgan fingerprint density at radius 1 is 0.727 bits per heavy atom. The van der Waals surface area contributed by atoms with Gasteiger partial charge in [-0.15, -0.1) is 0 Å². The van der Waals surface area contributed by atoms with Gasteiger partial charge >= 0.3 is 41.3 Å². The van der Waals surface area contributed by atoms with Crippen LogP contribution < -0.4 is 0 Å². The molecule has 0 aromatic heterocycles. The predicted molar refractivity (Wildman–Crippen MR) is 32.0 cm³/mol. The van der Waals surface area contributed by atoms with Gasteiger partial charge in [-0.25, -0.2) is 0 Å². The molecule has 0 rings (SSSR count). The average molecular weight is 311 g/mol. The maximum absolute atomic E-state index is 8.25. The normalized spacial score (nSPS) is 2.18. The maximum atomic E-state index is 8.25. The van der Waals surface area contributed by atoms with E-state index < -0.39 is 5.09 Å². The number of hydrogen-bond acceptors (Lipinski definition) is 3. The Morgan fingerprint density at radius 3 is 0.727 bits per heavy atom. The third kappa shape index (κ3) is 6830. The zero-order valence-corrected chi connectivity index (χ0v) is 8.95. The minimum Gasteiger partial charge on any atom is -0.412 e. The molecule has 0 saturated heterocycles. The fourth-order valence-corrected chi connectivity index (χ4v) is 0. The van der Waals surface area contributed by atoms with Crippen molar-refractivity contribution in [3.8, 4) is 0 Å². The van der Waals surface area contributed by atoms with Gasteiger partial charge < -0.3 is 48.2 Å². The summed E-state index contributed by atoms with van der Waals surface area (Å²) < 4.78 is 0. The first-order chi connectivity index (χ1) is 1.73. The van der Waals surface area contributed by atoms with Crippen molar-refractivity contribution in [2.45, 2.75) is 0 Å². The van der Waals surface area contributed by atoms with E-state index in [9.17, 15) is 0 Å². The molecule has 12 N–H and O–H groups in total. The first-order valence-electron chi connectivity index (χ1n) is 0.548. The standard InChI is InChI=1S/NO3.6H2O.Pr/c2-1(3)4;;;;;;;/h;6*1H2;/q-1;;;;;;;+3. The van der Waals surface area contributed by atoms with Crippen molar-refractivity contribution in [2.75, 3.05) is 0 Å². The molecule has 0 amide bonds. The van der Waals surface area contributed by atoms with Gasteiger partial charge in [-0.3, -0.25) is 0 Å². The van der Waals surface area contributed by atoms with Crippen molar-refractivity contribution in [1.29, 1.82) is 0 Å². The summed E-state index contributed by atoms with van der Waals surface area (Å²) in [6.07, 6.45) is 0. The van der Waals surface area contributed by atoms with Crippen molar-refractivity contribution in [1.82, 2.24) is 0 Å². The molecule has 0 aliphatic rings. The summed E-state index contributed by atoms with van der Waals surface area (Å²) in [5.74, 6) is 0. The Hall–Kier alpha value is 0.324. The van der Waals surface area contributed by atoms with Crippen molar-refractivity contribution >= 4 is 0 Å². The number of hydrogen-bond donors (Lipinski definition) is 0. The molecule has 0 aliphatic carbocycles. The SMILES string of the molecule is O.O.O.O.O.O.O=[N+]([O-])[O-].[Pr+3]. The molecule has 0 unspecified atom stereocenters. The zero-order valence-electron chi connectivity index (χ0n) is 5.25. The van der Waals surface area contributed by atoms with E-state index in [1.54, 1.807) is 0 Å². The molecule has 0 aliphatic heterocycles. The van der Waals surface area contributed by atoms with Crippen LogP contribution >= 0.6 is 0 Å². The third-order valence-electron chi connectivity index (χ3n) is 0. The second kappa shape index (κ2) is 81.2. The summed E-state index contributed by atoms with van der Waals surface area (Å²) in [6, 6.07) is 0. The average Bonchev–Trinajstić information content (AvgIpc) is 0.811. The minimum atomic E-state index is -1.75. The molecule has 0 aromatic carbocycles. The quantitative estimate of drug-likeness (QED) is 0.314. The molecule has 0 radical (unpaired) electrons. The van der Waals surface area contributed by atoms with Gasteiger partial charge in [0.25, 0.3) is 0 Å². The van der Waals surface area contributed by atoms with Crippen LogP contribution in [0.15, 0.2) is 0 Å². The van der Waals surface area contributed by atoms with Crippen LogP contribution in [-0.4, -0.2) is 37.9 Å². The molecule has 11 heteroatoms. The van der Waals surface area contributed by atoms with E-state index in [2.05, 4.69) is 0 Å². The van der Waals surface area contributed by atoms with Crippen LogP contribution in [0, 0.1) is 56.6 Å². The molecule has 0 saturated carbocycles. The van der Waals surface area contributed by atoms with Gasteiger partial charge in [0, 0.05) is 0 Å². The van der Waals surface area contributed by atoms with E-state index >= 15 is 0 Å². The van der Waals surface area contributed by atoms with E-state index in [1.807, 2.05) is 0 Å².